The van der Waals surface area contributed by atoms with Crippen LogP contribution in [0.1, 0.15) is 19.3 Å². The van der Waals surface area contributed by atoms with E-state index in [-0.39, 0.29) is 0 Å². The number of urea groups is 1. The van der Waals surface area contributed by atoms with E-state index in [4.69, 9.17) is 5.11 Å². The molecule has 16 heavy (non-hydrogen) atoms. The van der Waals surface area contributed by atoms with Crippen molar-refractivity contribution in [3.63, 3.8) is 0 Å². The number of amides is 2. The Morgan fingerprint density at radius 1 is 1.44 bits per heavy atom. The van der Waals surface area contributed by atoms with Gasteiger partial charge < -0.3 is 15.3 Å². The Labute approximate surface area is 91.4 Å². The molecule has 1 rings (SSSR count). The minimum atomic E-state index is -2.63. The van der Waals surface area contributed by atoms with Crippen LogP contribution < -0.4 is 5.32 Å². The average Bonchev–Trinajstić information content (AvgIpc) is 2.25. The molecule has 1 aliphatic rings. The van der Waals surface area contributed by atoms with Gasteiger partial charge in [0.2, 0.25) is 0 Å². The smallest absolute Gasteiger partial charge is 0.326 e. The zero-order valence-corrected chi connectivity index (χ0v) is 8.66. The van der Waals surface area contributed by atoms with E-state index in [2.05, 4.69) is 0 Å². The first-order valence-electron chi connectivity index (χ1n) is 5.08. The van der Waals surface area contributed by atoms with Gasteiger partial charge in [-0.25, -0.2) is 18.4 Å². The highest BCUT2D eigenvalue weighted by Crippen LogP contribution is 2.17. The van der Waals surface area contributed by atoms with E-state index >= 15 is 0 Å². The summed E-state index contributed by atoms with van der Waals surface area (Å²) in [6.45, 7) is -0.451. The Morgan fingerprint density at radius 2 is 2.12 bits per heavy atom. The summed E-state index contributed by atoms with van der Waals surface area (Å²) in [6.07, 6.45) is -0.823. The second-order valence-electron chi connectivity index (χ2n) is 3.62. The van der Waals surface area contributed by atoms with Gasteiger partial charge in [-0.1, -0.05) is 0 Å². The number of carboxylic acid groups (broad SMARTS) is 1. The van der Waals surface area contributed by atoms with Crippen molar-refractivity contribution < 1.29 is 23.5 Å². The molecule has 0 aromatic carbocycles. The van der Waals surface area contributed by atoms with Crippen LogP contribution in [-0.2, 0) is 4.79 Å². The second-order valence-corrected chi connectivity index (χ2v) is 3.62. The minimum absolute atomic E-state index is 0.298. The lowest BCUT2D eigenvalue weighted by atomic mass is 10.0. The number of alkyl halides is 2. The maximum Gasteiger partial charge on any atom is 0.326 e. The second kappa shape index (κ2) is 5.62. The number of hydrogen-bond acceptors (Lipinski definition) is 2. The van der Waals surface area contributed by atoms with Gasteiger partial charge in [0.25, 0.3) is 6.43 Å². The first-order chi connectivity index (χ1) is 7.52. The largest absolute Gasteiger partial charge is 0.480 e. The van der Waals surface area contributed by atoms with Crippen LogP contribution in [0.25, 0.3) is 0 Å². The molecule has 1 atom stereocenters. The number of aliphatic carboxylic acids is 1. The summed E-state index contributed by atoms with van der Waals surface area (Å²) in [4.78, 5) is 23.4. The molecule has 1 unspecified atom stereocenters. The van der Waals surface area contributed by atoms with Crippen molar-refractivity contribution in [1.82, 2.24) is 10.2 Å². The number of nitrogens with one attached hydrogen (secondary N) is 1. The standard InChI is InChI=1S/C9H14F2N2O3/c10-7(11)5-12-9(16)13-4-2-1-3-6(13)8(14)15/h6-7H,1-5H2,(H,12,16)(H,14,15). The SMILES string of the molecule is O=C(O)C1CCCCN1C(=O)NCC(F)F. The highest BCUT2D eigenvalue weighted by Gasteiger charge is 2.31. The third-order valence-corrected chi connectivity index (χ3v) is 2.46. The first-order valence-corrected chi connectivity index (χ1v) is 5.08. The summed E-state index contributed by atoms with van der Waals surface area (Å²) in [5, 5.41) is 10.9. The molecule has 0 saturated carbocycles. The molecule has 7 heteroatoms. The number of carbonyl (C=O) groups excluding carboxylic acids is 1. The molecule has 1 aliphatic heterocycles. The predicted octanol–water partition coefficient (Wildman–Crippen LogP) is 0.900. The number of halogens is 2. The van der Waals surface area contributed by atoms with Crippen molar-refractivity contribution in [2.24, 2.45) is 0 Å². The Balaban J connectivity index is 2.54. The van der Waals surface area contributed by atoms with E-state index in [1.54, 1.807) is 0 Å². The molecular weight excluding hydrogens is 222 g/mol. The molecule has 1 saturated heterocycles. The number of rotatable bonds is 3. The fraction of sp³-hybridized carbons (Fsp3) is 0.778. The van der Waals surface area contributed by atoms with Crippen LogP contribution in [0, 0.1) is 0 Å². The lowest BCUT2D eigenvalue weighted by molar-refractivity contribution is -0.143. The third kappa shape index (κ3) is 3.32. The number of hydrogen-bond donors (Lipinski definition) is 2. The molecule has 0 aliphatic carbocycles. The van der Waals surface area contributed by atoms with E-state index in [1.807, 2.05) is 5.32 Å². The summed E-state index contributed by atoms with van der Waals surface area (Å²) in [7, 11) is 0. The topological polar surface area (TPSA) is 69.6 Å². The zero-order chi connectivity index (χ0) is 12.1. The molecule has 0 spiro atoms. The molecule has 2 amide bonds. The molecular formula is C9H14F2N2O3. The Morgan fingerprint density at radius 3 is 2.69 bits per heavy atom. The van der Waals surface area contributed by atoms with Crippen LogP contribution in [0.3, 0.4) is 0 Å². The van der Waals surface area contributed by atoms with Gasteiger partial charge in [-0.15, -0.1) is 0 Å². The fourth-order valence-electron chi connectivity index (χ4n) is 1.70. The van der Waals surface area contributed by atoms with Crippen molar-refractivity contribution in [3.05, 3.63) is 0 Å². The maximum absolute atomic E-state index is 11.9. The van der Waals surface area contributed by atoms with E-state index in [0.29, 0.717) is 19.4 Å². The van der Waals surface area contributed by atoms with Gasteiger partial charge in [-0.2, -0.15) is 0 Å². The van der Waals surface area contributed by atoms with Crippen molar-refractivity contribution >= 4 is 12.0 Å². The number of carbonyl (C=O) groups is 2. The summed E-state index contributed by atoms with van der Waals surface area (Å²) in [6, 6.07) is -1.63. The zero-order valence-electron chi connectivity index (χ0n) is 8.66. The lowest BCUT2D eigenvalue weighted by Crippen LogP contribution is -2.52. The monoisotopic (exact) mass is 236 g/mol. The highest BCUT2D eigenvalue weighted by atomic mass is 19.3. The lowest BCUT2D eigenvalue weighted by Gasteiger charge is -2.32. The van der Waals surface area contributed by atoms with Gasteiger partial charge in [0, 0.05) is 6.54 Å². The summed E-state index contributed by atoms with van der Waals surface area (Å²) in [5.41, 5.74) is 0. The van der Waals surface area contributed by atoms with Crippen LogP contribution in [0.15, 0.2) is 0 Å². The molecule has 0 radical (unpaired) electrons. The van der Waals surface area contributed by atoms with Gasteiger partial charge in [-0.05, 0) is 19.3 Å². The van der Waals surface area contributed by atoms with Gasteiger partial charge >= 0.3 is 12.0 Å². The van der Waals surface area contributed by atoms with Crippen LogP contribution in [0.2, 0.25) is 0 Å². The van der Waals surface area contributed by atoms with Gasteiger partial charge in [0.15, 0.2) is 0 Å². The molecule has 0 aromatic rings. The third-order valence-electron chi connectivity index (χ3n) is 2.46. The van der Waals surface area contributed by atoms with Crippen molar-refractivity contribution in [1.29, 1.82) is 0 Å². The van der Waals surface area contributed by atoms with Crippen LogP contribution in [0.5, 0.6) is 0 Å². The summed E-state index contributed by atoms with van der Waals surface area (Å²) < 4.78 is 23.7. The van der Waals surface area contributed by atoms with Crippen molar-refractivity contribution in [2.45, 2.75) is 31.7 Å². The Hall–Kier alpha value is -1.40. The van der Waals surface area contributed by atoms with E-state index in [1.165, 1.54) is 0 Å². The minimum Gasteiger partial charge on any atom is -0.480 e. The Kier molecular flexibility index (Phi) is 4.45. The average molecular weight is 236 g/mol. The Bertz CT molecular complexity index is 273. The van der Waals surface area contributed by atoms with Crippen LogP contribution in [0.4, 0.5) is 13.6 Å². The van der Waals surface area contributed by atoms with Crippen LogP contribution in [-0.4, -0.2) is 47.6 Å². The molecule has 0 bridgehead atoms. The molecule has 1 fully saturated rings. The molecule has 92 valence electrons. The first kappa shape index (κ1) is 12.7. The van der Waals surface area contributed by atoms with E-state index < -0.39 is 31.0 Å². The molecule has 5 nitrogen and oxygen atoms in total. The number of carboxylic acids is 1. The molecule has 1 heterocycles. The van der Waals surface area contributed by atoms with Crippen molar-refractivity contribution in [2.75, 3.05) is 13.1 Å². The highest BCUT2D eigenvalue weighted by molar-refractivity contribution is 5.82. The van der Waals surface area contributed by atoms with Crippen LogP contribution >= 0.6 is 0 Å². The van der Waals surface area contributed by atoms with Crippen molar-refractivity contribution in [3.8, 4) is 0 Å². The van der Waals surface area contributed by atoms with Gasteiger partial charge in [-0.3, -0.25) is 0 Å². The predicted molar refractivity (Wildman–Crippen MR) is 51.4 cm³/mol. The fourth-order valence-corrected chi connectivity index (χ4v) is 1.70. The summed E-state index contributed by atoms with van der Waals surface area (Å²) >= 11 is 0. The number of nitrogens with zero attached hydrogens (tertiary/aromatic N) is 1. The maximum atomic E-state index is 11.9. The number of likely N-dealkylation sites (tertiary alicyclic amines) is 1. The summed E-state index contributed by atoms with van der Waals surface area (Å²) in [5.74, 6) is -1.09. The molecule has 0 aromatic heterocycles. The van der Waals surface area contributed by atoms with E-state index in [9.17, 15) is 18.4 Å². The number of piperidine rings is 1. The quantitative estimate of drug-likeness (QED) is 0.764. The van der Waals surface area contributed by atoms with Gasteiger partial charge in [0.1, 0.15) is 6.04 Å². The van der Waals surface area contributed by atoms with Gasteiger partial charge in [0.05, 0.1) is 6.54 Å². The normalized spacial score (nSPS) is 20.9. The molecule has 2 N–H and O–H groups in total. The van der Waals surface area contributed by atoms with E-state index in [0.717, 1.165) is 11.3 Å².